The molecular weight excluding hydrogens is 236 g/mol. The summed E-state index contributed by atoms with van der Waals surface area (Å²) in [6.07, 6.45) is 3.82. The van der Waals surface area contributed by atoms with E-state index in [0.29, 0.717) is 19.3 Å². The minimum atomic E-state index is -2.97. The summed E-state index contributed by atoms with van der Waals surface area (Å²) in [5, 5.41) is -0.319. The number of carbonyl (C=O) groups excluding carboxylic acids is 1. The van der Waals surface area contributed by atoms with Crippen molar-refractivity contribution in [2.75, 3.05) is 5.75 Å². The zero-order chi connectivity index (χ0) is 13.5. The Bertz CT molecular complexity index is 318. The Morgan fingerprint density at radius 3 is 2.18 bits per heavy atom. The molecule has 0 amide bonds. The summed E-state index contributed by atoms with van der Waals surface area (Å²) in [5.74, 6) is 0.541. The number of ketones is 1. The number of unbranched alkanes of at least 4 members (excludes halogenated alkanes) is 1. The summed E-state index contributed by atoms with van der Waals surface area (Å²) < 4.78 is 23.3. The van der Waals surface area contributed by atoms with Crippen LogP contribution in [0.1, 0.15) is 59.8 Å². The zero-order valence-corrected chi connectivity index (χ0v) is 12.3. The van der Waals surface area contributed by atoms with Gasteiger partial charge in [0.15, 0.2) is 9.84 Å². The van der Waals surface area contributed by atoms with Gasteiger partial charge in [-0.15, -0.1) is 0 Å². The minimum Gasteiger partial charge on any atom is -0.300 e. The predicted molar refractivity (Wildman–Crippen MR) is 71.9 cm³/mol. The summed E-state index contributed by atoms with van der Waals surface area (Å²) >= 11 is 0. The average Bonchev–Trinajstić information content (AvgIpc) is 2.22. The van der Waals surface area contributed by atoms with Crippen molar-refractivity contribution in [3.8, 4) is 0 Å². The molecule has 0 rings (SSSR count). The maximum atomic E-state index is 11.7. The molecule has 0 aromatic heterocycles. The Morgan fingerprint density at radius 1 is 1.12 bits per heavy atom. The van der Waals surface area contributed by atoms with E-state index >= 15 is 0 Å². The summed E-state index contributed by atoms with van der Waals surface area (Å²) in [4.78, 5) is 11.5. The van der Waals surface area contributed by atoms with Crippen LogP contribution in [0, 0.1) is 5.92 Å². The Kier molecular flexibility index (Phi) is 7.68. The first-order chi connectivity index (χ1) is 7.79. The molecule has 0 N–H and O–H groups in total. The third-order valence-corrected chi connectivity index (χ3v) is 5.43. The van der Waals surface area contributed by atoms with Crippen molar-refractivity contribution >= 4 is 15.6 Å². The molecular formula is C13H26O3S. The number of rotatable bonds is 9. The lowest BCUT2D eigenvalue weighted by Gasteiger charge is -2.13. The number of hydrogen-bond donors (Lipinski definition) is 0. The van der Waals surface area contributed by atoms with Crippen LogP contribution in [0.15, 0.2) is 0 Å². The second-order valence-electron chi connectivity index (χ2n) is 5.16. The zero-order valence-electron chi connectivity index (χ0n) is 11.5. The largest absolute Gasteiger partial charge is 0.300 e. The molecule has 0 aliphatic carbocycles. The van der Waals surface area contributed by atoms with Crippen molar-refractivity contribution in [3.05, 3.63) is 0 Å². The molecule has 0 fully saturated rings. The van der Waals surface area contributed by atoms with Crippen LogP contribution in [0.4, 0.5) is 0 Å². The fourth-order valence-electron chi connectivity index (χ4n) is 1.58. The molecule has 0 unspecified atom stereocenters. The third kappa shape index (κ3) is 7.53. The molecule has 0 radical (unpaired) electrons. The van der Waals surface area contributed by atoms with Crippen LogP contribution < -0.4 is 0 Å². The summed E-state index contributed by atoms with van der Waals surface area (Å²) in [6, 6.07) is 0. The molecule has 0 bridgehead atoms. The van der Waals surface area contributed by atoms with Crippen molar-refractivity contribution in [2.24, 2.45) is 5.92 Å². The number of Topliss-reactive ketones (excluding diaryl/α,β-unsaturated/α-hetero) is 1. The van der Waals surface area contributed by atoms with Gasteiger partial charge in [0.2, 0.25) is 0 Å². The molecule has 0 heterocycles. The highest BCUT2D eigenvalue weighted by molar-refractivity contribution is 7.91. The Labute approximate surface area is 106 Å². The van der Waals surface area contributed by atoms with Gasteiger partial charge in [-0.3, -0.25) is 4.79 Å². The maximum absolute atomic E-state index is 11.7. The highest BCUT2D eigenvalue weighted by atomic mass is 32.2. The van der Waals surface area contributed by atoms with Gasteiger partial charge >= 0.3 is 0 Å². The molecule has 0 saturated carbocycles. The minimum absolute atomic E-state index is 0.0768. The van der Waals surface area contributed by atoms with Crippen LogP contribution in [0.25, 0.3) is 0 Å². The molecule has 0 aromatic rings. The highest BCUT2D eigenvalue weighted by Gasteiger charge is 2.20. The van der Waals surface area contributed by atoms with Gasteiger partial charge in [-0.25, -0.2) is 8.42 Å². The van der Waals surface area contributed by atoms with Gasteiger partial charge < -0.3 is 0 Å². The lowest BCUT2D eigenvalue weighted by atomic mass is 10.0. The normalized spacial score (nSPS) is 13.9. The lowest BCUT2D eigenvalue weighted by Crippen LogP contribution is -2.22. The Balaban J connectivity index is 3.96. The van der Waals surface area contributed by atoms with Crippen molar-refractivity contribution in [1.29, 1.82) is 0 Å². The van der Waals surface area contributed by atoms with Gasteiger partial charge in [-0.2, -0.15) is 0 Å². The van der Waals surface area contributed by atoms with Gasteiger partial charge in [0.05, 0.1) is 11.0 Å². The summed E-state index contributed by atoms with van der Waals surface area (Å²) in [7, 11) is -2.97. The molecule has 0 saturated heterocycles. The first-order valence-electron chi connectivity index (χ1n) is 6.52. The SMILES string of the molecule is CCCCC(=O)CC[C@H](C)CS(=O)(=O)C(C)C. The molecule has 0 aliphatic rings. The van der Waals surface area contributed by atoms with Gasteiger partial charge in [0, 0.05) is 12.8 Å². The average molecular weight is 262 g/mol. The number of carbonyl (C=O) groups is 1. The molecule has 3 nitrogen and oxygen atoms in total. The summed E-state index contributed by atoms with van der Waals surface area (Å²) in [5.41, 5.74) is 0. The van der Waals surface area contributed by atoms with E-state index in [-0.39, 0.29) is 22.7 Å². The molecule has 102 valence electrons. The fraction of sp³-hybridized carbons (Fsp3) is 0.923. The van der Waals surface area contributed by atoms with E-state index in [9.17, 15) is 13.2 Å². The smallest absolute Gasteiger partial charge is 0.152 e. The Hall–Kier alpha value is -0.380. The van der Waals surface area contributed by atoms with Crippen molar-refractivity contribution in [3.63, 3.8) is 0 Å². The fourth-order valence-corrected chi connectivity index (χ4v) is 2.92. The molecule has 1 atom stereocenters. The second kappa shape index (κ2) is 7.85. The first-order valence-corrected chi connectivity index (χ1v) is 8.24. The molecule has 4 heteroatoms. The summed E-state index contributed by atoms with van der Waals surface area (Å²) in [6.45, 7) is 7.38. The predicted octanol–water partition coefficient (Wildman–Crippen LogP) is 2.99. The topological polar surface area (TPSA) is 51.2 Å². The third-order valence-electron chi connectivity index (χ3n) is 2.96. The van der Waals surface area contributed by atoms with E-state index in [2.05, 4.69) is 6.92 Å². The van der Waals surface area contributed by atoms with Crippen molar-refractivity contribution in [2.45, 2.75) is 65.0 Å². The van der Waals surface area contributed by atoms with Crippen LogP contribution in [0.2, 0.25) is 0 Å². The quantitative estimate of drug-likeness (QED) is 0.642. The van der Waals surface area contributed by atoms with Crippen molar-refractivity contribution in [1.82, 2.24) is 0 Å². The van der Waals surface area contributed by atoms with Crippen LogP contribution >= 0.6 is 0 Å². The highest BCUT2D eigenvalue weighted by Crippen LogP contribution is 2.14. The van der Waals surface area contributed by atoms with E-state index in [0.717, 1.165) is 12.8 Å². The maximum Gasteiger partial charge on any atom is 0.152 e. The van der Waals surface area contributed by atoms with E-state index in [1.165, 1.54) is 0 Å². The van der Waals surface area contributed by atoms with E-state index in [1.807, 2.05) is 6.92 Å². The molecule has 0 aromatic carbocycles. The van der Waals surface area contributed by atoms with Crippen LogP contribution in [0.5, 0.6) is 0 Å². The first kappa shape index (κ1) is 16.6. The van der Waals surface area contributed by atoms with E-state index in [1.54, 1.807) is 13.8 Å². The van der Waals surface area contributed by atoms with Crippen LogP contribution in [0.3, 0.4) is 0 Å². The van der Waals surface area contributed by atoms with Crippen LogP contribution in [-0.4, -0.2) is 25.2 Å². The second-order valence-corrected chi connectivity index (χ2v) is 7.77. The van der Waals surface area contributed by atoms with Gasteiger partial charge in [0.1, 0.15) is 5.78 Å². The lowest BCUT2D eigenvalue weighted by molar-refractivity contribution is -0.119. The molecule has 0 spiro atoms. The number of sulfone groups is 1. The van der Waals surface area contributed by atoms with E-state index < -0.39 is 9.84 Å². The van der Waals surface area contributed by atoms with Gasteiger partial charge in [0.25, 0.3) is 0 Å². The van der Waals surface area contributed by atoms with Gasteiger partial charge in [-0.1, -0.05) is 20.3 Å². The Morgan fingerprint density at radius 2 is 1.71 bits per heavy atom. The van der Waals surface area contributed by atoms with Gasteiger partial charge in [-0.05, 0) is 32.6 Å². The number of hydrogen-bond acceptors (Lipinski definition) is 3. The van der Waals surface area contributed by atoms with Crippen LogP contribution in [-0.2, 0) is 14.6 Å². The molecule has 17 heavy (non-hydrogen) atoms. The van der Waals surface area contributed by atoms with E-state index in [4.69, 9.17) is 0 Å². The standard InChI is InChI=1S/C13H26O3S/c1-5-6-7-13(14)9-8-12(4)10-17(15,16)11(2)3/h11-12H,5-10H2,1-4H3/t12-/m0/s1. The van der Waals surface area contributed by atoms with Crippen molar-refractivity contribution < 1.29 is 13.2 Å². The molecule has 0 aliphatic heterocycles. The monoisotopic (exact) mass is 262 g/mol.